The Bertz CT molecular complexity index is 694. The van der Waals surface area contributed by atoms with Crippen molar-refractivity contribution >= 4 is 5.97 Å². The van der Waals surface area contributed by atoms with Crippen molar-refractivity contribution in [1.29, 1.82) is 0 Å². The Kier molecular flexibility index (Phi) is 4.20. The molecule has 0 amide bonds. The molecule has 2 aromatic carbocycles. The van der Waals surface area contributed by atoms with Crippen molar-refractivity contribution in [3.05, 3.63) is 83.4 Å². The van der Waals surface area contributed by atoms with Crippen molar-refractivity contribution in [3.63, 3.8) is 0 Å². The van der Waals surface area contributed by atoms with Crippen molar-refractivity contribution in [2.45, 2.75) is 31.8 Å². The standard InChI is InChI=1S/C22H22O2/c23-22(20-13-7-12-16-14-15-19(16)20)24-21(17-8-3-1-4-9-17)18-10-5-2-6-11-18/h1-6,8-11,13,16,19,21H,7,12,14-15H2. The van der Waals surface area contributed by atoms with Gasteiger partial charge in [0.2, 0.25) is 0 Å². The van der Waals surface area contributed by atoms with Crippen LogP contribution in [0.25, 0.3) is 0 Å². The molecule has 2 nitrogen and oxygen atoms in total. The third-order valence-electron chi connectivity index (χ3n) is 5.38. The zero-order valence-corrected chi connectivity index (χ0v) is 13.7. The number of esters is 1. The van der Waals surface area contributed by atoms with E-state index in [0.29, 0.717) is 11.8 Å². The SMILES string of the molecule is O=C(OC(c1ccccc1)c1ccccc1)C1=CCCC2CCC12. The molecule has 0 aliphatic heterocycles. The summed E-state index contributed by atoms with van der Waals surface area (Å²) in [5.74, 6) is 0.991. The summed E-state index contributed by atoms with van der Waals surface area (Å²) in [7, 11) is 0. The summed E-state index contributed by atoms with van der Waals surface area (Å²) in [6, 6.07) is 20.0. The topological polar surface area (TPSA) is 26.3 Å². The molecule has 1 fully saturated rings. The van der Waals surface area contributed by atoms with E-state index in [1.54, 1.807) is 0 Å². The van der Waals surface area contributed by atoms with Gasteiger partial charge in [-0.3, -0.25) is 0 Å². The Labute approximate surface area is 143 Å². The van der Waals surface area contributed by atoms with Gasteiger partial charge in [0.25, 0.3) is 0 Å². The van der Waals surface area contributed by atoms with Crippen LogP contribution in [0.3, 0.4) is 0 Å². The second-order valence-electron chi connectivity index (χ2n) is 6.79. The molecule has 0 spiro atoms. The van der Waals surface area contributed by atoms with Gasteiger partial charge < -0.3 is 4.74 Å². The number of hydrogen-bond donors (Lipinski definition) is 0. The minimum absolute atomic E-state index is 0.137. The number of allylic oxidation sites excluding steroid dienone is 1. The highest BCUT2D eigenvalue weighted by Gasteiger charge is 2.39. The largest absolute Gasteiger partial charge is 0.449 e. The van der Waals surface area contributed by atoms with E-state index in [1.807, 2.05) is 60.7 Å². The van der Waals surface area contributed by atoms with Crippen LogP contribution in [0.1, 0.15) is 42.9 Å². The maximum atomic E-state index is 12.9. The fourth-order valence-corrected chi connectivity index (χ4v) is 3.92. The molecule has 0 N–H and O–H groups in total. The summed E-state index contributed by atoms with van der Waals surface area (Å²) < 4.78 is 6.01. The first-order valence-electron chi connectivity index (χ1n) is 8.84. The van der Waals surface area contributed by atoms with E-state index >= 15 is 0 Å². The minimum Gasteiger partial charge on any atom is -0.449 e. The van der Waals surface area contributed by atoms with E-state index in [0.717, 1.165) is 29.5 Å². The Morgan fingerprint density at radius 2 is 1.50 bits per heavy atom. The van der Waals surface area contributed by atoms with E-state index in [9.17, 15) is 4.79 Å². The zero-order valence-electron chi connectivity index (χ0n) is 13.7. The Balaban J connectivity index is 1.60. The highest BCUT2D eigenvalue weighted by Crippen LogP contribution is 2.46. The summed E-state index contributed by atoms with van der Waals surface area (Å²) in [5, 5.41) is 0. The van der Waals surface area contributed by atoms with Crippen molar-refractivity contribution in [2.24, 2.45) is 11.8 Å². The number of ether oxygens (including phenoxy) is 1. The first-order chi connectivity index (χ1) is 11.8. The smallest absolute Gasteiger partial charge is 0.334 e. The molecule has 2 aliphatic carbocycles. The van der Waals surface area contributed by atoms with Crippen LogP contribution in [0.15, 0.2) is 72.3 Å². The number of rotatable bonds is 4. The lowest BCUT2D eigenvalue weighted by atomic mass is 9.65. The lowest BCUT2D eigenvalue weighted by molar-refractivity contribution is -0.144. The fourth-order valence-electron chi connectivity index (χ4n) is 3.92. The van der Waals surface area contributed by atoms with E-state index in [1.165, 1.54) is 12.8 Å². The summed E-state index contributed by atoms with van der Waals surface area (Å²) in [6.07, 6.45) is 6.38. The molecule has 0 saturated heterocycles. The number of fused-ring (bicyclic) bond motifs is 1. The second-order valence-corrected chi connectivity index (χ2v) is 6.79. The van der Waals surface area contributed by atoms with Gasteiger partial charge in [-0.1, -0.05) is 66.7 Å². The number of carbonyl (C=O) groups is 1. The van der Waals surface area contributed by atoms with Gasteiger partial charge in [0.05, 0.1) is 0 Å². The number of benzene rings is 2. The molecular weight excluding hydrogens is 296 g/mol. The number of carbonyl (C=O) groups excluding carboxylic acids is 1. The van der Waals surface area contributed by atoms with Crippen LogP contribution in [0.5, 0.6) is 0 Å². The molecule has 2 aromatic rings. The Morgan fingerprint density at radius 1 is 0.875 bits per heavy atom. The molecule has 2 aliphatic rings. The lowest BCUT2D eigenvalue weighted by Gasteiger charge is -2.40. The van der Waals surface area contributed by atoms with E-state index in [-0.39, 0.29) is 12.1 Å². The summed E-state index contributed by atoms with van der Waals surface area (Å²) in [5.41, 5.74) is 2.94. The van der Waals surface area contributed by atoms with Crippen molar-refractivity contribution in [1.82, 2.24) is 0 Å². The summed E-state index contributed by atoms with van der Waals surface area (Å²) in [4.78, 5) is 12.9. The first-order valence-corrected chi connectivity index (χ1v) is 8.84. The van der Waals surface area contributed by atoms with E-state index in [4.69, 9.17) is 4.74 Å². The second kappa shape index (κ2) is 6.64. The first kappa shape index (κ1) is 15.2. The average molecular weight is 318 g/mol. The van der Waals surface area contributed by atoms with E-state index in [2.05, 4.69) is 6.08 Å². The molecule has 2 unspecified atom stereocenters. The van der Waals surface area contributed by atoms with Crippen LogP contribution in [-0.2, 0) is 9.53 Å². The average Bonchev–Trinajstić information content (AvgIpc) is 2.62. The molecule has 1 saturated carbocycles. The maximum absolute atomic E-state index is 12.9. The van der Waals surface area contributed by atoms with Crippen LogP contribution in [0.4, 0.5) is 0 Å². The van der Waals surface area contributed by atoms with Gasteiger partial charge >= 0.3 is 5.97 Å². The summed E-state index contributed by atoms with van der Waals surface area (Å²) >= 11 is 0. The summed E-state index contributed by atoms with van der Waals surface area (Å²) in [6.45, 7) is 0. The van der Waals surface area contributed by atoms with Gasteiger partial charge in [-0.2, -0.15) is 0 Å². The third-order valence-corrected chi connectivity index (χ3v) is 5.38. The van der Waals surface area contributed by atoms with Gasteiger partial charge in [0.1, 0.15) is 0 Å². The molecule has 4 rings (SSSR count). The molecule has 0 aromatic heterocycles. The van der Waals surface area contributed by atoms with Gasteiger partial charge in [0.15, 0.2) is 6.10 Å². The molecular formula is C22H22O2. The van der Waals surface area contributed by atoms with Crippen molar-refractivity contribution in [3.8, 4) is 0 Å². The molecule has 2 heteroatoms. The molecule has 0 bridgehead atoms. The minimum atomic E-state index is -0.346. The predicted molar refractivity (Wildman–Crippen MR) is 94.4 cm³/mol. The van der Waals surface area contributed by atoms with Crippen LogP contribution in [0.2, 0.25) is 0 Å². The van der Waals surface area contributed by atoms with Gasteiger partial charge in [-0.15, -0.1) is 0 Å². The van der Waals surface area contributed by atoms with Gasteiger partial charge in [-0.25, -0.2) is 4.79 Å². The molecule has 2 atom stereocenters. The van der Waals surface area contributed by atoms with Crippen molar-refractivity contribution < 1.29 is 9.53 Å². The molecule has 0 radical (unpaired) electrons. The maximum Gasteiger partial charge on any atom is 0.334 e. The van der Waals surface area contributed by atoms with Crippen LogP contribution < -0.4 is 0 Å². The molecule has 122 valence electrons. The van der Waals surface area contributed by atoms with Gasteiger partial charge in [0, 0.05) is 5.57 Å². The monoisotopic (exact) mass is 318 g/mol. The van der Waals surface area contributed by atoms with Crippen molar-refractivity contribution in [2.75, 3.05) is 0 Å². The number of hydrogen-bond acceptors (Lipinski definition) is 2. The Morgan fingerprint density at radius 3 is 2.04 bits per heavy atom. The van der Waals surface area contributed by atoms with Crippen LogP contribution in [0, 0.1) is 11.8 Å². The molecule has 0 heterocycles. The lowest BCUT2D eigenvalue weighted by Crippen LogP contribution is -2.34. The zero-order chi connectivity index (χ0) is 16.4. The normalized spacial score (nSPS) is 22.3. The predicted octanol–water partition coefficient (Wildman–Crippen LogP) is 5.07. The van der Waals surface area contributed by atoms with E-state index < -0.39 is 0 Å². The third kappa shape index (κ3) is 2.89. The fraction of sp³-hybridized carbons (Fsp3) is 0.318. The van der Waals surface area contributed by atoms with Crippen LogP contribution >= 0.6 is 0 Å². The highest BCUT2D eigenvalue weighted by atomic mass is 16.5. The quantitative estimate of drug-likeness (QED) is 0.736. The Hall–Kier alpha value is -2.35. The van der Waals surface area contributed by atoms with Crippen LogP contribution in [-0.4, -0.2) is 5.97 Å². The highest BCUT2D eigenvalue weighted by molar-refractivity contribution is 5.89. The molecule has 24 heavy (non-hydrogen) atoms. The van der Waals surface area contributed by atoms with Gasteiger partial charge in [-0.05, 0) is 48.6 Å².